The number of nitrogens with zero attached hydrogens (tertiary/aromatic N) is 4. The molecule has 0 aliphatic rings. The molecule has 0 saturated carbocycles. The van der Waals surface area contributed by atoms with Crippen molar-refractivity contribution in [3.8, 4) is 11.8 Å². The molecule has 0 atom stereocenters. The largest absolute Gasteiger partial charge is 0.486 e. The summed E-state index contributed by atoms with van der Waals surface area (Å²) in [5.41, 5.74) is 2.17. The summed E-state index contributed by atoms with van der Waals surface area (Å²) >= 11 is 0. The molecule has 5 heteroatoms. The number of benzene rings is 1. The Morgan fingerprint density at radius 1 is 1.16 bits per heavy atom. The Hall–Kier alpha value is -2.87. The normalized spacial score (nSPS) is 10.3. The van der Waals surface area contributed by atoms with E-state index >= 15 is 0 Å². The Kier molecular flexibility index (Phi) is 2.83. The van der Waals surface area contributed by atoms with Crippen LogP contribution < -0.4 is 4.74 Å². The van der Waals surface area contributed by atoms with Crippen LogP contribution in [0.15, 0.2) is 48.8 Å². The van der Waals surface area contributed by atoms with E-state index in [0.29, 0.717) is 17.9 Å². The molecule has 5 nitrogen and oxygen atoms in total. The first-order valence-electron chi connectivity index (χ1n) is 5.78. The summed E-state index contributed by atoms with van der Waals surface area (Å²) in [5, 5.41) is 13.1. The zero-order valence-electron chi connectivity index (χ0n) is 10.0. The van der Waals surface area contributed by atoms with Crippen molar-refractivity contribution < 1.29 is 4.74 Å². The number of hydrogen-bond acceptors (Lipinski definition) is 4. The molecule has 19 heavy (non-hydrogen) atoms. The maximum atomic E-state index is 9.00. The molecule has 0 fully saturated rings. The van der Waals surface area contributed by atoms with Crippen molar-refractivity contribution in [2.75, 3.05) is 0 Å². The third-order valence-electron chi connectivity index (χ3n) is 2.76. The molecule has 2 heterocycles. The van der Waals surface area contributed by atoms with Crippen molar-refractivity contribution in [3.05, 3.63) is 60.0 Å². The molecule has 0 bridgehead atoms. The summed E-state index contributed by atoms with van der Waals surface area (Å²) in [4.78, 5) is 4.11. The van der Waals surface area contributed by atoms with Crippen LogP contribution in [-0.2, 0) is 6.61 Å². The van der Waals surface area contributed by atoms with Crippen molar-refractivity contribution >= 4 is 5.65 Å². The monoisotopic (exact) mass is 250 g/mol. The van der Waals surface area contributed by atoms with E-state index in [0.717, 1.165) is 11.3 Å². The van der Waals surface area contributed by atoms with E-state index in [-0.39, 0.29) is 0 Å². The Balaban J connectivity index is 1.87. The van der Waals surface area contributed by atoms with Crippen LogP contribution in [0.2, 0.25) is 0 Å². The number of para-hydroxylation sites is 1. The average Bonchev–Trinajstić information content (AvgIpc) is 2.94. The molecule has 1 aromatic carbocycles. The van der Waals surface area contributed by atoms with E-state index in [1.54, 1.807) is 16.6 Å². The van der Waals surface area contributed by atoms with Gasteiger partial charge in [0.25, 0.3) is 0 Å². The van der Waals surface area contributed by atoms with Crippen molar-refractivity contribution in [1.82, 2.24) is 14.6 Å². The SMILES string of the molecule is N#Cc1ccccc1OCc1cccc2ncnn12. The van der Waals surface area contributed by atoms with E-state index in [1.165, 1.54) is 6.33 Å². The molecule has 0 unspecified atom stereocenters. The molecule has 0 amide bonds. The van der Waals surface area contributed by atoms with Gasteiger partial charge < -0.3 is 4.74 Å². The van der Waals surface area contributed by atoms with Crippen LogP contribution in [0, 0.1) is 11.3 Å². The van der Waals surface area contributed by atoms with Crippen molar-refractivity contribution in [2.45, 2.75) is 6.61 Å². The molecule has 0 N–H and O–H groups in total. The summed E-state index contributed by atoms with van der Waals surface area (Å²) in [7, 11) is 0. The van der Waals surface area contributed by atoms with Crippen molar-refractivity contribution in [2.24, 2.45) is 0 Å². The second kappa shape index (κ2) is 4.78. The Morgan fingerprint density at radius 3 is 2.95 bits per heavy atom. The first-order valence-corrected chi connectivity index (χ1v) is 5.78. The first kappa shape index (κ1) is 11.2. The number of pyridine rings is 1. The molecular formula is C14H10N4O. The summed E-state index contributed by atoms with van der Waals surface area (Å²) < 4.78 is 7.40. The third kappa shape index (κ3) is 2.11. The van der Waals surface area contributed by atoms with Gasteiger partial charge in [0.1, 0.15) is 24.8 Å². The lowest BCUT2D eigenvalue weighted by molar-refractivity contribution is 0.297. The average molecular weight is 250 g/mol. The van der Waals surface area contributed by atoms with Crippen LogP contribution in [0.5, 0.6) is 5.75 Å². The zero-order valence-corrected chi connectivity index (χ0v) is 10.0. The summed E-state index contributed by atoms with van der Waals surface area (Å²) in [6.45, 7) is 0.333. The Morgan fingerprint density at radius 2 is 2.05 bits per heavy atom. The Labute approximate surface area is 109 Å². The molecular weight excluding hydrogens is 240 g/mol. The summed E-state index contributed by atoms with van der Waals surface area (Å²) in [6.07, 6.45) is 1.50. The first-order chi connectivity index (χ1) is 9.38. The molecule has 0 saturated heterocycles. The lowest BCUT2D eigenvalue weighted by Crippen LogP contribution is -2.04. The maximum absolute atomic E-state index is 9.00. The van der Waals surface area contributed by atoms with E-state index in [1.807, 2.05) is 30.3 Å². The van der Waals surface area contributed by atoms with E-state index in [2.05, 4.69) is 16.2 Å². The second-order valence-corrected chi connectivity index (χ2v) is 3.94. The number of nitriles is 1. The quantitative estimate of drug-likeness (QED) is 0.714. The number of rotatable bonds is 3. The second-order valence-electron chi connectivity index (χ2n) is 3.94. The minimum Gasteiger partial charge on any atom is -0.486 e. The summed E-state index contributed by atoms with van der Waals surface area (Å²) in [5.74, 6) is 0.571. The van der Waals surface area contributed by atoms with Gasteiger partial charge in [0.05, 0.1) is 11.3 Å². The molecule has 0 spiro atoms. The van der Waals surface area contributed by atoms with Crippen LogP contribution in [0.25, 0.3) is 5.65 Å². The highest BCUT2D eigenvalue weighted by Crippen LogP contribution is 2.18. The van der Waals surface area contributed by atoms with Gasteiger partial charge in [0.2, 0.25) is 0 Å². The van der Waals surface area contributed by atoms with Gasteiger partial charge in [-0.15, -0.1) is 0 Å². The fraction of sp³-hybridized carbons (Fsp3) is 0.0714. The van der Waals surface area contributed by atoms with Crippen molar-refractivity contribution in [3.63, 3.8) is 0 Å². The zero-order chi connectivity index (χ0) is 13.1. The number of ether oxygens (including phenoxy) is 1. The van der Waals surface area contributed by atoms with Crippen LogP contribution in [0.4, 0.5) is 0 Å². The van der Waals surface area contributed by atoms with Gasteiger partial charge >= 0.3 is 0 Å². The minimum atomic E-state index is 0.333. The maximum Gasteiger partial charge on any atom is 0.155 e. The lowest BCUT2D eigenvalue weighted by atomic mass is 10.2. The highest BCUT2D eigenvalue weighted by Gasteiger charge is 2.05. The molecule has 92 valence electrons. The summed E-state index contributed by atoms with van der Waals surface area (Å²) in [6, 6.07) is 14.9. The predicted molar refractivity (Wildman–Crippen MR) is 68.5 cm³/mol. The molecule has 2 aromatic heterocycles. The number of aromatic nitrogens is 3. The van der Waals surface area contributed by atoms with E-state index in [9.17, 15) is 0 Å². The molecule has 0 aliphatic carbocycles. The highest BCUT2D eigenvalue weighted by atomic mass is 16.5. The van der Waals surface area contributed by atoms with Gasteiger partial charge in [0.15, 0.2) is 5.65 Å². The Bertz CT molecular complexity index is 757. The van der Waals surface area contributed by atoms with Gasteiger partial charge in [-0.2, -0.15) is 10.4 Å². The number of fused-ring (bicyclic) bond motifs is 1. The number of hydrogen-bond donors (Lipinski definition) is 0. The van der Waals surface area contributed by atoms with Crippen molar-refractivity contribution in [1.29, 1.82) is 5.26 Å². The third-order valence-corrected chi connectivity index (χ3v) is 2.76. The molecule has 0 radical (unpaired) electrons. The van der Waals surface area contributed by atoms with Gasteiger partial charge in [-0.1, -0.05) is 18.2 Å². The van der Waals surface area contributed by atoms with Crippen LogP contribution in [0.1, 0.15) is 11.3 Å². The van der Waals surface area contributed by atoms with E-state index < -0.39 is 0 Å². The fourth-order valence-electron chi connectivity index (χ4n) is 1.85. The van der Waals surface area contributed by atoms with Crippen LogP contribution in [0.3, 0.4) is 0 Å². The topological polar surface area (TPSA) is 63.2 Å². The smallest absolute Gasteiger partial charge is 0.155 e. The van der Waals surface area contributed by atoms with Gasteiger partial charge in [-0.3, -0.25) is 0 Å². The molecule has 3 rings (SSSR count). The van der Waals surface area contributed by atoms with Crippen LogP contribution in [-0.4, -0.2) is 14.6 Å². The predicted octanol–water partition coefficient (Wildman–Crippen LogP) is 2.18. The standard InChI is InChI=1S/C14H10N4O/c15-8-11-4-1-2-6-13(11)19-9-12-5-3-7-14-16-10-17-18(12)14/h1-7,10H,9H2. The lowest BCUT2D eigenvalue weighted by Gasteiger charge is -2.08. The minimum absolute atomic E-state index is 0.333. The van der Waals surface area contributed by atoms with E-state index in [4.69, 9.17) is 10.00 Å². The molecule has 0 aliphatic heterocycles. The molecule has 3 aromatic rings. The van der Waals surface area contributed by atoms with Gasteiger partial charge in [-0.25, -0.2) is 9.50 Å². The van der Waals surface area contributed by atoms with Gasteiger partial charge in [-0.05, 0) is 24.3 Å². The fourth-order valence-corrected chi connectivity index (χ4v) is 1.85. The highest BCUT2D eigenvalue weighted by molar-refractivity contribution is 5.43. The van der Waals surface area contributed by atoms with Gasteiger partial charge in [0, 0.05) is 0 Å². The van der Waals surface area contributed by atoms with Crippen LogP contribution >= 0.6 is 0 Å².